The fraction of sp³-hybridized carbons (Fsp3) is 0.0164. The molecule has 0 radical (unpaired) electrons. The van der Waals surface area contributed by atoms with Gasteiger partial charge >= 0.3 is 0 Å². The van der Waals surface area contributed by atoms with E-state index in [0.29, 0.717) is 0 Å². The van der Waals surface area contributed by atoms with Crippen molar-refractivity contribution in [1.82, 2.24) is 0 Å². The second kappa shape index (κ2) is 16.3. The molecule has 0 aromatic heterocycles. The van der Waals surface area contributed by atoms with Crippen molar-refractivity contribution in [3.05, 3.63) is 289 Å². The molecule has 0 N–H and O–H groups in total. The van der Waals surface area contributed by atoms with Crippen molar-refractivity contribution in [2.24, 2.45) is 0 Å². The van der Waals surface area contributed by atoms with Gasteiger partial charge in [0.15, 0.2) is 0 Å². The van der Waals surface area contributed by atoms with Crippen molar-refractivity contribution >= 4 is 34.1 Å². The van der Waals surface area contributed by atoms with E-state index in [2.05, 4.69) is 277 Å². The van der Waals surface area contributed by atoms with Crippen molar-refractivity contribution in [2.45, 2.75) is 5.41 Å². The van der Waals surface area contributed by atoms with Crippen LogP contribution >= 0.6 is 0 Å². The minimum absolute atomic E-state index is 0.732. The highest BCUT2D eigenvalue weighted by Crippen LogP contribution is 2.58. The summed E-state index contributed by atoms with van der Waals surface area (Å²) in [6.45, 7) is 0. The number of fused-ring (bicyclic) bond motifs is 3. The first-order valence-corrected chi connectivity index (χ1v) is 21.7. The molecule has 10 aromatic carbocycles. The molecule has 2 nitrogen and oxygen atoms in total. The van der Waals surface area contributed by atoms with E-state index in [9.17, 15) is 0 Å². The molecule has 0 heterocycles. The number of para-hydroxylation sites is 4. The molecule has 0 bridgehead atoms. The first-order valence-electron chi connectivity index (χ1n) is 21.7. The average Bonchev–Trinajstić information content (AvgIpc) is 3.67. The standard InChI is InChI=1S/C61H44N2/c1-7-23-45(24-8-1)47-39-48(46-25-9-2-10-26-46)41-49(40-47)61(59-37-21-19-35-57(59)58-36-20-22-38-60(58)61)50-42-55(62(51-27-11-3-12-28-51)52-29-13-4-14-30-52)44-56(43-50)63(53-31-15-5-16-32-53)54-33-17-6-18-34-54/h1-44H. The fourth-order valence-electron chi connectivity index (χ4n) is 9.73. The highest BCUT2D eigenvalue weighted by Gasteiger charge is 2.47. The minimum atomic E-state index is -0.732. The number of rotatable bonds is 10. The van der Waals surface area contributed by atoms with Gasteiger partial charge in [-0.1, -0.05) is 182 Å². The summed E-state index contributed by atoms with van der Waals surface area (Å²) in [6.07, 6.45) is 0. The Balaban J connectivity index is 1.30. The summed E-state index contributed by atoms with van der Waals surface area (Å²) < 4.78 is 0. The number of hydrogen-bond donors (Lipinski definition) is 0. The molecule has 0 aliphatic heterocycles. The first-order chi connectivity index (χ1) is 31.3. The van der Waals surface area contributed by atoms with Gasteiger partial charge in [-0.25, -0.2) is 0 Å². The Bertz CT molecular complexity index is 2870. The quantitative estimate of drug-likeness (QED) is 0.136. The molecule has 0 atom stereocenters. The van der Waals surface area contributed by atoms with Gasteiger partial charge in [-0.05, 0) is 141 Å². The van der Waals surface area contributed by atoms with Crippen LogP contribution in [0.5, 0.6) is 0 Å². The Morgan fingerprint density at radius 1 is 0.222 bits per heavy atom. The van der Waals surface area contributed by atoms with Crippen LogP contribution in [-0.4, -0.2) is 0 Å². The van der Waals surface area contributed by atoms with Crippen LogP contribution in [0.2, 0.25) is 0 Å². The molecule has 0 fully saturated rings. The molecular formula is C61H44N2. The van der Waals surface area contributed by atoms with Crippen LogP contribution < -0.4 is 9.80 Å². The number of anilines is 6. The van der Waals surface area contributed by atoms with Crippen LogP contribution in [0.4, 0.5) is 34.1 Å². The van der Waals surface area contributed by atoms with Crippen LogP contribution in [0.3, 0.4) is 0 Å². The molecule has 1 aliphatic rings. The lowest BCUT2D eigenvalue weighted by atomic mass is 9.66. The Labute approximate surface area is 370 Å². The third kappa shape index (κ3) is 6.79. The van der Waals surface area contributed by atoms with Crippen molar-refractivity contribution < 1.29 is 0 Å². The third-order valence-electron chi connectivity index (χ3n) is 12.4. The molecular weight excluding hydrogens is 761 g/mol. The molecule has 0 unspecified atom stereocenters. The van der Waals surface area contributed by atoms with E-state index in [1.807, 2.05) is 0 Å². The zero-order valence-electron chi connectivity index (χ0n) is 34.8. The molecule has 11 rings (SSSR count). The van der Waals surface area contributed by atoms with E-state index in [4.69, 9.17) is 0 Å². The number of benzene rings is 10. The number of hydrogen-bond acceptors (Lipinski definition) is 2. The van der Waals surface area contributed by atoms with Crippen molar-refractivity contribution in [3.8, 4) is 33.4 Å². The summed E-state index contributed by atoms with van der Waals surface area (Å²) in [5.74, 6) is 0. The lowest BCUT2D eigenvalue weighted by Crippen LogP contribution is -2.29. The Kier molecular flexibility index (Phi) is 9.80. The largest absolute Gasteiger partial charge is 0.310 e. The SMILES string of the molecule is c1ccc(-c2cc(-c3ccccc3)cc(C3(c4cc(N(c5ccccc5)c5ccccc5)cc(N(c5ccccc5)c5ccccc5)c4)c4ccccc4-c4ccccc43)c2)cc1. The van der Waals surface area contributed by atoms with E-state index < -0.39 is 5.41 Å². The Morgan fingerprint density at radius 3 is 0.889 bits per heavy atom. The van der Waals surface area contributed by atoms with E-state index in [0.717, 1.165) is 34.1 Å². The second-order valence-corrected chi connectivity index (χ2v) is 16.1. The van der Waals surface area contributed by atoms with Gasteiger partial charge in [0.1, 0.15) is 0 Å². The lowest BCUT2D eigenvalue weighted by Gasteiger charge is -2.37. The van der Waals surface area contributed by atoms with Gasteiger partial charge in [0.25, 0.3) is 0 Å². The molecule has 0 saturated heterocycles. The van der Waals surface area contributed by atoms with Gasteiger partial charge in [0, 0.05) is 34.1 Å². The molecule has 2 heteroatoms. The predicted octanol–water partition coefficient (Wildman–Crippen LogP) is 16.3. The average molecular weight is 805 g/mol. The van der Waals surface area contributed by atoms with E-state index in [1.54, 1.807) is 0 Å². The molecule has 298 valence electrons. The lowest BCUT2D eigenvalue weighted by molar-refractivity contribution is 0.769. The molecule has 10 aromatic rings. The van der Waals surface area contributed by atoms with E-state index in [1.165, 1.54) is 55.6 Å². The normalized spacial score (nSPS) is 12.3. The number of nitrogens with zero attached hydrogens (tertiary/aromatic N) is 2. The Morgan fingerprint density at radius 2 is 0.524 bits per heavy atom. The summed E-state index contributed by atoms with van der Waals surface area (Å²) in [4.78, 5) is 4.80. The smallest absolute Gasteiger partial charge is 0.0715 e. The topological polar surface area (TPSA) is 6.48 Å². The summed E-state index contributed by atoms with van der Waals surface area (Å²) in [5, 5.41) is 0. The van der Waals surface area contributed by atoms with E-state index >= 15 is 0 Å². The maximum Gasteiger partial charge on any atom is 0.0715 e. The monoisotopic (exact) mass is 804 g/mol. The van der Waals surface area contributed by atoms with Crippen LogP contribution in [0, 0.1) is 0 Å². The molecule has 0 spiro atoms. The molecule has 63 heavy (non-hydrogen) atoms. The van der Waals surface area contributed by atoms with Crippen molar-refractivity contribution in [3.63, 3.8) is 0 Å². The van der Waals surface area contributed by atoms with Gasteiger partial charge in [-0.15, -0.1) is 0 Å². The summed E-state index contributed by atoms with van der Waals surface area (Å²) in [7, 11) is 0. The Hall–Kier alpha value is -8.20. The van der Waals surface area contributed by atoms with Crippen molar-refractivity contribution in [1.29, 1.82) is 0 Å². The van der Waals surface area contributed by atoms with Gasteiger partial charge in [0.05, 0.1) is 5.41 Å². The van der Waals surface area contributed by atoms with Crippen LogP contribution in [0.25, 0.3) is 33.4 Å². The highest BCUT2D eigenvalue weighted by atomic mass is 15.2. The fourth-order valence-corrected chi connectivity index (χ4v) is 9.73. The van der Waals surface area contributed by atoms with Gasteiger partial charge < -0.3 is 9.80 Å². The van der Waals surface area contributed by atoms with Crippen molar-refractivity contribution in [2.75, 3.05) is 9.80 Å². The van der Waals surface area contributed by atoms with Crippen LogP contribution in [0.1, 0.15) is 22.3 Å². The zero-order chi connectivity index (χ0) is 42.0. The third-order valence-corrected chi connectivity index (χ3v) is 12.4. The summed E-state index contributed by atoms with van der Waals surface area (Å²) >= 11 is 0. The predicted molar refractivity (Wildman–Crippen MR) is 264 cm³/mol. The first kappa shape index (κ1) is 37.8. The van der Waals surface area contributed by atoms with Gasteiger partial charge in [-0.2, -0.15) is 0 Å². The van der Waals surface area contributed by atoms with Gasteiger partial charge in [-0.3, -0.25) is 0 Å². The highest BCUT2D eigenvalue weighted by molar-refractivity contribution is 5.91. The second-order valence-electron chi connectivity index (χ2n) is 16.1. The maximum absolute atomic E-state index is 2.45. The zero-order valence-corrected chi connectivity index (χ0v) is 34.8. The molecule has 1 aliphatic carbocycles. The van der Waals surface area contributed by atoms with E-state index in [-0.39, 0.29) is 0 Å². The van der Waals surface area contributed by atoms with Crippen LogP contribution in [0.15, 0.2) is 267 Å². The maximum atomic E-state index is 2.45. The molecule has 0 amide bonds. The summed E-state index contributed by atoms with van der Waals surface area (Å²) in [6, 6.07) is 97.3. The molecule has 0 saturated carbocycles. The minimum Gasteiger partial charge on any atom is -0.310 e. The summed E-state index contributed by atoms with van der Waals surface area (Å²) in [5.41, 5.74) is 17.8. The van der Waals surface area contributed by atoms with Gasteiger partial charge in [0.2, 0.25) is 0 Å². The van der Waals surface area contributed by atoms with Crippen LogP contribution in [-0.2, 0) is 5.41 Å².